The van der Waals surface area contributed by atoms with Crippen molar-refractivity contribution in [2.75, 3.05) is 40.0 Å². The number of benzene rings is 2. The zero-order chi connectivity index (χ0) is 33.6. The van der Waals surface area contributed by atoms with Crippen molar-refractivity contribution in [1.82, 2.24) is 9.62 Å². The first-order valence-electron chi connectivity index (χ1n) is 16.9. The second kappa shape index (κ2) is 18.7. The van der Waals surface area contributed by atoms with Gasteiger partial charge >= 0.3 is 6.09 Å². The molecule has 2 aliphatic heterocycles. The van der Waals surface area contributed by atoms with E-state index in [1.807, 2.05) is 44.2 Å². The van der Waals surface area contributed by atoms with Gasteiger partial charge in [0.15, 0.2) is 6.29 Å². The van der Waals surface area contributed by atoms with Crippen LogP contribution in [0.1, 0.15) is 69.9 Å². The van der Waals surface area contributed by atoms with E-state index >= 15 is 0 Å². The smallest absolute Gasteiger partial charge is 0.407 e. The van der Waals surface area contributed by atoms with Gasteiger partial charge in [-0.3, -0.25) is 0 Å². The van der Waals surface area contributed by atoms with E-state index in [1.165, 1.54) is 11.4 Å². The van der Waals surface area contributed by atoms with Gasteiger partial charge < -0.3 is 34.1 Å². The standard InChI is InChI=1S/C35H52N2O9S/c1-4-44-34-26(2)32(18-21-45-34)46-35(39)36-30(22-27-14-10-9-11-15-27)31(38)24-37-19-12-7-5-6-8-13-20-43-25-28-23-29(42-3)16-17-33(28)47(37,40)41/h9-11,14-17,23,26,30-32,34,38H,4-8,12-13,18-22,24-25H2,1-3H3,(H,36,39)/t26-,30-,31+,32-,34+/m0/s1. The molecule has 2 heterocycles. The van der Waals surface area contributed by atoms with Crippen LogP contribution in [0.5, 0.6) is 5.75 Å². The molecule has 262 valence electrons. The monoisotopic (exact) mass is 676 g/mol. The lowest BCUT2D eigenvalue weighted by Crippen LogP contribution is -2.52. The van der Waals surface area contributed by atoms with Crippen molar-refractivity contribution < 1.29 is 42.0 Å². The number of hydrogen-bond donors (Lipinski definition) is 2. The maximum atomic E-state index is 14.3. The molecular formula is C35H52N2O9S. The molecule has 11 nitrogen and oxygen atoms in total. The Morgan fingerprint density at radius 2 is 1.81 bits per heavy atom. The zero-order valence-electron chi connectivity index (χ0n) is 28.0. The van der Waals surface area contributed by atoms with Gasteiger partial charge in [-0.05, 0) is 49.9 Å². The van der Waals surface area contributed by atoms with Crippen molar-refractivity contribution >= 4 is 16.1 Å². The Bertz CT molecular complexity index is 1340. The van der Waals surface area contributed by atoms with Gasteiger partial charge in [-0.1, -0.05) is 62.9 Å². The molecule has 0 aliphatic carbocycles. The Morgan fingerprint density at radius 3 is 2.55 bits per heavy atom. The Kier molecular flexibility index (Phi) is 14.8. The van der Waals surface area contributed by atoms with Crippen molar-refractivity contribution in [1.29, 1.82) is 0 Å². The fourth-order valence-electron chi connectivity index (χ4n) is 6.11. The summed E-state index contributed by atoms with van der Waals surface area (Å²) in [4.78, 5) is 13.4. The van der Waals surface area contributed by atoms with Crippen molar-refractivity contribution in [3.05, 3.63) is 59.7 Å². The molecular weight excluding hydrogens is 624 g/mol. The van der Waals surface area contributed by atoms with E-state index in [9.17, 15) is 18.3 Å². The fourth-order valence-corrected chi connectivity index (χ4v) is 7.79. The lowest BCUT2D eigenvalue weighted by Gasteiger charge is -2.35. The van der Waals surface area contributed by atoms with E-state index in [-0.39, 0.29) is 36.9 Å². The SMILES string of the molecule is CCO[C@@H]1OCC[C@H](OC(=O)N[C@@H](Cc2ccccc2)[C@H](O)CN2CCCCCCCCOCc3cc(OC)ccc3S2(=O)=O)[C@@H]1C. The van der Waals surface area contributed by atoms with Crippen molar-refractivity contribution in [2.45, 2.75) is 101 Å². The molecule has 0 spiro atoms. The molecule has 0 radical (unpaired) electrons. The molecule has 0 unspecified atom stereocenters. The number of sulfonamides is 1. The average Bonchev–Trinajstić information content (AvgIpc) is 3.06. The predicted molar refractivity (Wildman–Crippen MR) is 178 cm³/mol. The number of methoxy groups -OCH3 is 1. The van der Waals surface area contributed by atoms with Crippen LogP contribution >= 0.6 is 0 Å². The fraction of sp³-hybridized carbons (Fsp3) is 0.629. The number of fused-ring (bicyclic) bond motifs is 1. The summed E-state index contributed by atoms with van der Waals surface area (Å²) in [7, 11) is -2.53. The highest BCUT2D eigenvalue weighted by atomic mass is 32.2. The van der Waals surface area contributed by atoms with E-state index in [2.05, 4.69) is 5.32 Å². The number of nitrogens with one attached hydrogen (secondary N) is 1. The van der Waals surface area contributed by atoms with Gasteiger partial charge in [0.25, 0.3) is 0 Å². The quantitative estimate of drug-likeness (QED) is 0.355. The van der Waals surface area contributed by atoms with Crippen LogP contribution in [0.15, 0.2) is 53.4 Å². The van der Waals surface area contributed by atoms with Crippen LogP contribution in [0, 0.1) is 5.92 Å². The van der Waals surface area contributed by atoms with Gasteiger partial charge in [0.1, 0.15) is 11.9 Å². The van der Waals surface area contributed by atoms with Crippen LogP contribution < -0.4 is 10.1 Å². The average molecular weight is 677 g/mol. The molecule has 12 heteroatoms. The third-order valence-electron chi connectivity index (χ3n) is 8.84. The van der Waals surface area contributed by atoms with Crippen LogP contribution in [0.2, 0.25) is 0 Å². The molecule has 4 rings (SSSR count). The summed E-state index contributed by atoms with van der Waals surface area (Å²) in [5.41, 5.74) is 1.38. The van der Waals surface area contributed by atoms with Gasteiger partial charge in [-0.15, -0.1) is 0 Å². The predicted octanol–water partition coefficient (Wildman–Crippen LogP) is 5.04. The number of carbonyl (C=O) groups excluding carboxylic acids is 1. The number of hydrogen-bond acceptors (Lipinski definition) is 9. The topological polar surface area (TPSA) is 133 Å². The summed E-state index contributed by atoms with van der Waals surface area (Å²) in [5, 5.41) is 14.6. The summed E-state index contributed by atoms with van der Waals surface area (Å²) < 4.78 is 58.4. The number of rotatable bonds is 10. The normalized spacial score (nSPS) is 24.2. The number of β-amino-alcohol motifs (C(OH)–C–C–N with tert-alkyl or cyclic N) is 1. The number of ether oxygens (including phenoxy) is 5. The molecule has 2 aromatic carbocycles. The van der Waals surface area contributed by atoms with Crippen LogP contribution in [0.25, 0.3) is 0 Å². The van der Waals surface area contributed by atoms with E-state index in [1.54, 1.807) is 18.2 Å². The summed E-state index contributed by atoms with van der Waals surface area (Å²) in [6.45, 7) is 5.35. The maximum Gasteiger partial charge on any atom is 0.407 e. The molecule has 2 aliphatic rings. The first-order chi connectivity index (χ1) is 22.7. The Labute approximate surface area is 279 Å². The molecule has 2 N–H and O–H groups in total. The highest BCUT2D eigenvalue weighted by Crippen LogP contribution is 2.28. The lowest BCUT2D eigenvalue weighted by molar-refractivity contribution is -0.213. The van der Waals surface area contributed by atoms with E-state index in [4.69, 9.17) is 23.7 Å². The van der Waals surface area contributed by atoms with Crippen molar-refractivity contribution in [2.24, 2.45) is 5.92 Å². The highest BCUT2D eigenvalue weighted by molar-refractivity contribution is 7.89. The molecule has 1 amide bonds. The first-order valence-corrected chi connectivity index (χ1v) is 18.3. The summed E-state index contributed by atoms with van der Waals surface area (Å²) in [5.74, 6) is 0.350. The highest BCUT2D eigenvalue weighted by Gasteiger charge is 2.36. The molecule has 0 bridgehead atoms. The summed E-state index contributed by atoms with van der Waals surface area (Å²) in [6, 6.07) is 13.5. The number of carbonyl (C=O) groups is 1. The van der Waals surface area contributed by atoms with Crippen LogP contribution in [-0.4, -0.2) is 88.5 Å². The second-order valence-corrected chi connectivity index (χ2v) is 14.2. The number of nitrogens with zero attached hydrogens (tertiary/aromatic N) is 1. The molecule has 47 heavy (non-hydrogen) atoms. The summed E-state index contributed by atoms with van der Waals surface area (Å²) in [6.07, 6.45) is 3.48. The molecule has 0 saturated carbocycles. The molecule has 5 atom stereocenters. The molecule has 1 fully saturated rings. The Morgan fingerprint density at radius 1 is 1.06 bits per heavy atom. The van der Waals surface area contributed by atoms with E-state index in [0.29, 0.717) is 44.0 Å². The number of amides is 1. The third kappa shape index (κ3) is 10.9. The molecule has 1 saturated heterocycles. The van der Waals surface area contributed by atoms with Gasteiger partial charge in [-0.25, -0.2) is 13.2 Å². The van der Waals surface area contributed by atoms with Crippen LogP contribution in [-0.2, 0) is 42.0 Å². The van der Waals surface area contributed by atoms with Crippen LogP contribution in [0.4, 0.5) is 4.79 Å². The first kappa shape index (κ1) is 37.1. The molecule has 0 aromatic heterocycles. The van der Waals surface area contributed by atoms with E-state index in [0.717, 1.165) is 37.7 Å². The van der Waals surface area contributed by atoms with Gasteiger partial charge in [0.05, 0.1) is 37.4 Å². The number of alkyl carbamates (subject to hydrolysis) is 1. The third-order valence-corrected chi connectivity index (χ3v) is 10.8. The Hall–Kier alpha value is -2.74. The zero-order valence-corrected chi connectivity index (χ0v) is 28.8. The minimum absolute atomic E-state index is 0.117. The Balaban J connectivity index is 1.57. The van der Waals surface area contributed by atoms with E-state index < -0.39 is 40.7 Å². The molecule has 2 aromatic rings. The maximum absolute atomic E-state index is 14.3. The lowest BCUT2D eigenvalue weighted by atomic mass is 9.99. The number of aliphatic hydroxyl groups is 1. The van der Waals surface area contributed by atoms with Gasteiger partial charge in [-0.2, -0.15) is 4.31 Å². The minimum atomic E-state index is -4.06. The largest absolute Gasteiger partial charge is 0.497 e. The minimum Gasteiger partial charge on any atom is -0.497 e. The van der Waals surface area contributed by atoms with Gasteiger partial charge in [0, 0.05) is 44.2 Å². The second-order valence-electron chi connectivity index (χ2n) is 12.3. The van der Waals surface area contributed by atoms with Gasteiger partial charge in [0.2, 0.25) is 10.0 Å². The van der Waals surface area contributed by atoms with Crippen LogP contribution in [0.3, 0.4) is 0 Å². The van der Waals surface area contributed by atoms with Crippen molar-refractivity contribution in [3.8, 4) is 5.75 Å². The summed E-state index contributed by atoms with van der Waals surface area (Å²) >= 11 is 0. The number of aliphatic hydroxyl groups excluding tert-OH is 1. The van der Waals surface area contributed by atoms with Crippen molar-refractivity contribution in [3.63, 3.8) is 0 Å².